The largest absolute Gasteiger partial charge is 0.451 e. The molecule has 0 fully saturated rings. The van der Waals surface area contributed by atoms with Gasteiger partial charge in [0.2, 0.25) is 0 Å². The van der Waals surface area contributed by atoms with E-state index in [0.29, 0.717) is 5.58 Å². The van der Waals surface area contributed by atoms with Crippen LogP contribution in [0, 0.1) is 0 Å². The van der Waals surface area contributed by atoms with Gasteiger partial charge in [0.1, 0.15) is 9.79 Å². The highest BCUT2D eigenvalue weighted by molar-refractivity contribution is 9.10. The summed E-state index contributed by atoms with van der Waals surface area (Å²) in [6.07, 6.45) is 0. The van der Waals surface area contributed by atoms with E-state index in [1.165, 1.54) is 14.1 Å². The van der Waals surface area contributed by atoms with Gasteiger partial charge in [-0.1, -0.05) is 15.9 Å². The maximum absolute atomic E-state index is 12.2. The lowest BCUT2D eigenvalue weighted by Gasteiger charge is -2.08. The van der Waals surface area contributed by atoms with E-state index in [-0.39, 0.29) is 22.4 Å². The molecule has 0 spiro atoms. The van der Waals surface area contributed by atoms with Crippen molar-refractivity contribution in [2.75, 3.05) is 14.1 Å². The van der Waals surface area contributed by atoms with Gasteiger partial charge >= 0.3 is 0 Å². The zero-order valence-electron chi connectivity index (χ0n) is 13.4. The molecular formula is C16H15BrN2O4S2. The molecule has 9 heteroatoms. The Morgan fingerprint density at radius 1 is 1.24 bits per heavy atom. The molecule has 0 saturated carbocycles. The van der Waals surface area contributed by atoms with E-state index >= 15 is 0 Å². The average Bonchev–Trinajstić information content (AvgIpc) is 3.19. The highest BCUT2D eigenvalue weighted by Gasteiger charge is 2.20. The molecule has 2 aromatic heterocycles. The summed E-state index contributed by atoms with van der Waals surface area (Å²) in [6, 6.07) is 10.4. The minimum absolute atomic E-state index is 0.214. The van der Waals surface area contributed by atoms with Gasteiger partial charge in [-0.15, -0.1) is 11.3 Å². The second kappa shape index (κ2) is 6.91. The summed E-state index contributed by atoms with van der Waals surface area (Å²) in [5, 5.41) is 3.57. The summed E-state index contributed by atoms with van der Waals surface area (Å²) in [4.78, 5) is 13.0. The Morgan fingerprint density at radius 2 is 2.00 bits per heavy atom. The fourth-order valence-corrected chi connectivity index (χ4v) is 5.00. The molecule has 1 aromatic carbocycles. The van der Waals surface area contributed by atoms with Crippen LogP contribution in [0.4, 0.5) is 0 Å². The number of carbonyl (C=O) groups excluding carboxylic acids is 1. The lowest BCUT2D eigenvalue weighted by atomic mass is 10.2. The van der Waals surface area contributed by atoms with Gasteiger partial charge < -0.3 is 9.73 Å². The second-order valence-electron chi connectivity index (χ2n) is 5.48. The highest BCUT2D eigenvalue weighted by atomic mass is 79.9. The van der Waals surface area contributed by atoms with E-state index in [1.807, 2.05) is 12.1 Å². The molecule has 1 N–H and O–H groups in total. The number of nitrogens with one attached hydrogen (secondary N) is 1. The molecule has 2 heterocycles. The van der Waals surface area contributed by atoms with Crippen LogP contribution in [0.15, 0.2) is 49.5 Å². The quantitative estimate of drug-likeness (QED) is 0.655. The van der Waals surface area contributed by atoms with E-state index in [1.54, 1.807) is 24.3 Å². The van der Waals surface area contributed by atoms with Crippen molar-refractivity contribution in [2.24, 2.45) is 0 Å². The SMILES string of the molecule is CN(C)S(=O)(=O)c1ccc(CNC(=O)c2cc3cc(Br)ccc3o2)s1. The van der Waals surface area contributed by atoms with Crippen molar-refractivity contribution < 1.29 is 17.6 Å². The monoisotopic (exact) mass is 442 g/mol. The van der Waals surface area contributed by atoms with Gasteiger partial charge in [-0.05, 0) is 36.4 Å². The van der Waals surface area contributed by atoms with Gasteiger partial charge in [0.25, 0.3) is 15.9 Å². The number of furan rings is 1. The molecule has 3 aromatic rings. The second-order valence-corrected chi connectivity index (χ2v) is 9.95. The summed E-state index contributed by atoms with van der Waals surface area (Å²) in [5.41, 5.74) is 0.629. The number of thiophene rings is 1. The Morgan fingerprint density at radius 3 is 2.72 bits per heavy atom. The molecule has 0 saturated heterocycles. The Hall–Kier alpha value is -1.68. The third-order valence-electron chi connectivity index (χ3n) is 3.50. The molecular weight excluding hydrogens is 428 g/mol. The Balaban J connectivity index is 1.71. The number of hydrogen-bond acceptors (Lipinski definition) is 5. The lowest BCUT2D eigenvalue weighted by molar-refractivity contribution is 0.0925. The highest BCUT2D eigenvalue weighted by Crippen LogP contribution is 2.25. The lowest BCUT2D eigenvalue weighted by Crippen LogP contribution is -2.22. The summed E-state index contributed by atoms with van der Waals surface area (Å²) in [5.74, 6) is -0.136. The van der Waals surface area contributed by atoms with Gasteiger partial charge in [0.15, 0.2) is 5.76 Å². The number of fused-ring (bicyclic) bond motifs is 1. The van der Waals surface area contributed by atoms with Crippen LogP contribution in [0.25, 0.3) is 11.0 Å². The van der Waals surface area contributed by atoms with Crippen molar-refractivity contribution in [3.63, 3.8) is 0 Å². The Kier molecular flexibility index (Phi) is 5.01. The predicted molar refractivity (Wildman–Crippen MR) is 100 cm³/mol. The maximum atomic E-state index is 12.2. The van der Waals surface area contributed by atoms with Crippen molar-refractivity contribution >= 4 is 54.2 Å². The Labute approximate surface area is 157 Å². The molecule has 1 amide bonds. The number of nitrogens with zero attached hydrogens (tertiary/aromatic N) is 1. The van der Waals surface area contributed by atoms with Crippen LogP contribution < -0.4 is 5.32 Å². The van der Waals surface area contributed by atoms with Gasteiger partial charge in [-0.2, -0.15) is 0 Å². The minimum atomic E-state index is -3.45. The molecule has 0 radical (unpaired) electrons. The van der Waals surface area contributed by atoms with Crippen molar-refractivity contribution in [1.29, 1.82) is 0 Å². The van der Waals surface area contributed by atoms with Crippen molar-refractivity contribution in [3.8, 4) is 0 Å². The molecule has 3 rings (SSSR count). The molecule has 0 aliphatic carbocycles. The van der Waals surface area contributed by atoms with Crippen LogP contribution in [0.2, 0.25) is 0 Å². The fraction of sp³-hybridized carbons (Fsp3) is 0.188. The minimum Gasteiger partial charge on any atom is -0.451 e. The van der Waals surface area contributed by atoms with E-state index in [0.717, 1.165) is 30.4 Å². The third-order valence-corrected chi connectivity index (χ3v) is 7.36. The first-order chi connectivity index (χ1) is 11.8. The topological polar surface area (TPSA) is 79.6 Å². The van der Waals surface area contributed by atoms with Crippen LogP contribution in [0.1, 0.15) is 15.4 Å². The number of rotatable bonds is 5. The zero-order chi connectivity index (χ0) is 18.2. The zero-order valence-corrected chi connectivity index (χ0v) is 16.7. The van der Waals surface area contributed by atoms with E-state index < -0.39 is 10.0 Å². The third kappa shape index (κ3) is 3.79. The number of sulfonamides is 1. The first-order valence-corrected chi connectivity index (χ1v) is 10.3. The van der Waals surface area contributed by atoms with Gasteiger partial charge in [0, 0.05) is 28.8 Å². The normalized spacial score (nSPS) is 12.0. The van der Waals surface area contributed by atoms with Gasteiger partial charge in [-0.25, -0.2) is 12.7 Å². The number of halogens is 1. The molecule has 0 aliphatic heterocycles. The molecule has 0 aliphatic rings. The van der Waals surface area contributed by atoms with Crippen LogP contribution in [0.5, 0.6) is 0 Å². The molecule has 0 bridgehead atoms. The van der Waals surface area contributed by atoms with Crippen molar-refractivity contribution in [2.45, 2.75) is 10.8 Å². The van der Waals surface area contributed by atoms with Crippen LogP contribution in [-0.4, -0.2) is 32.7 Å². The molecule has 132 valence electrons. The first kappa shape index (κ1) is 18.1. The van der Waals surface area contributed by atoms with E-state index in [9.17, 15) is 13.2 Å². The fourth-order valence-electron chi connectivity index (χ4n) is 2.15. The standard InChI is InChI=1S/C16H15BrN2O4S2/c1-19(2)25(21,22)15-6-4-12(24-15)9-18-16(20)14-8-10-7-11(17)3-5-13(10)23-14/h3-8H,9H2,1-2H3,(H,18,20). The van der Waals surface area contributed by atoms with E-state index in [2.05, 4.69) is 21.2 Å². The summed E-state index contributed by atoms with van der Waals surface area (Å²) < 4.78 is 32.0. The van der Waals surface area contributed by atoms with Crippen molar-refractivity contribution in [3.05, 3.63) is 51.5 Å². The van der Waals surface area contributed by atoms with E-state index in [4.69, 9.17) is 4.42 Å². The maximum Gasteiger partial charge on any atom is 0.287 e. The smallest absolute Gasteiger partial charge is 0.287 e. The average molecular weight is 443 g/mol. The summed E-state index contributed by atoms with van der Waals surface area (Å²) in [7, 11) is -0.487. The summed E-state index contributed by atoms with van der Waals surface area (Å²) >= 11 is 4.51. The van der Waals surface area contributed by atoms with Gasteiger partial charge in [0.05, 0.1) is 6.54 Å². The number of benzene rings is 1. The van der Waals surface area contributed by atoms with Crippen LogP contribution in [-0.2, 0) is 16.6 Å². The number of hydrogen-bond donors (Lipinski definition) is 1. The van der Waals surface area contributed by atoms with Gasteiger partial charge in [-0.3, -0.25) is 4.79 Å². The Bertz CT molecular complexity index is 1040. The predicted octanol–water partition coefficient (Wildman–Crippen LogP) is 3.44. The number of carbonyl (C=O) groups is 1. The molecule has 0 unspecified atom stereocenters. The summed E-state index contributed by atoms with van der Waals surface area (Å²) in [6.45, 7) is 0.229. The first-order valence-electron chi connectivity index (χ1n) is 7.26. The molecule has 0 atom stereocenters. The van der Waals surface area contributed by atoms with Crippen molar-refractivity contribution in [1.82, 2.24) is 9.62 Å². The van der Waals surface area contributed by atoms with Crippen LogP contribution in [0.3, 0.4) is 0 Å². The molecule has 6 nitrogen and oxygen atoms in total. The van der Waals surface area contributed by atoms with Crippen LogP contribution >= 0.6 is 27.3 Å². The molecule has 25 heavy (non-hydrogen) atoms. The number of amides is 1.